The minimum atomic E-state index is -0.258. The third kappa shape index (κ3) is 1.94. The first-order valence-corrected chi connectivity index (χ1v) is 4.64. The molecule has 0 unspecified atom stereocenters. The summed E-state index contributed by atoms with van der Waals surface area (Å²) in [6, 6.07) is 10.2. The van der Waals surface area contributed by atoms with Gasteiger partial charge in [0.15, 0.2) is 0 Å². The Morgan fingerprint density at radius 3 is 2.73 bits per heavy atom. The molecule has 15 heavy (non-hydrogen) atoms. The molecule has 0 fully saturated rings. The molecule has 0 amide bonds. The lowest BCUT2D eigenvalue weighted by Crippen LogP contribution is -1.87. The fraction of sp³-hybridized carbons (Fsp3) is 0. The van der Waals surface area contributed by atoms with E-state index in [1.54, 1.807) is 30.5 Å². The van der Waals surface area contributed by atoms with E-state index in [1.807, 2.05) is 12.1 Å². The van der Waals surface area contributed by atoms with Gasteiger partial charge in [-0.1, -0.05) is 24.8 Å². The van der Waals surface area contributed by atoms with E-state index in [9.17, 15) is 4.39 Å². The number of aromatic nitrogens is 1. The molecule has 0 aliphatic rings. The van der Waals surface area contributed by atoms with E-state index in [0.717, 1.165) is 5.56 Å². The zero-order chi connectivity index (χ0) is 10.7. The molecule has 1 aromatic carbocycles. The molecule has 1 nitrogen and oxygen atoms in total. The highest BCUT2D eigenvalue weighted by Gasteiger charge is 2.04. The summed E-state index contributed by atoms with van der Waals surface area (Å²) in [6.45, 7) is 3.67. The van der Waals surface area contributed by atoms with Gasteiger partial charge in [0.05, 0.1) is 5.69 Å². The average Bonchev–Trinajstić information content (AvgIpc) is 2.30. The monoisotopic (exact) mass is 199 g/mol. The van der Waals surface area contributed by atoms with Crippen LogP contribution in [0.2, 0.25) is 0 Å². The molecule has 74 valence electrons. The minimum absolute atomic E-state index is 0.258. The molecule has 2 heteroatoms. The quantitative estimate of drug-likeness (QED) is 0.721. The third-order valence-corrected chi connectivity index (χ3v) is 2.17. The summed E-state index contributed by atoms with van der Waals surface area (Å²) in [5.41, 5.74) is 2.08. The van der Waals surface area contributed by atoms with Crippen LogP contribution in [0.1, 0.15) is 5.56 Å². The van der Waals surface area contributed by atoms with Gasteiger partial charge < -0.3 is 0 Å². The van der Waals surface area contributed by atoms with Crippen molar-refractivity contribution in [2.24, 2.45) is 0 Å². The Morgan fingerprint density at radius 2 is 2.00 bits per heavy atom. The molecular formula is C13H10FN. The summed E-state index contributed by atoms with van der Waals surface area (Å²) in [5, 5.41) is 0. The average molecular weight is 199 g/mol. The van der Waals surface area contributed by atoms with Crippen molar-refractivity contribution in [1.82, 2.24) is 4.98 Å². The number of pyridine rings is 1. The smallest absolute Gasteiger partial charge is 0.132 e. The van der Waals surface area contributed by atoms with Crippen molar-refractivity contribution in [3.05, 3.63) is 60.6 Å². The second-order valence-electron chi connectivity index (χ2n) is 3.16. The van der Waals surface area contributed by atoms with Gasteiger partial charge in [0.2, 0.25) is 0 Å². The normalized spacial score (nSPS) is 9.93. The number of halogens is 1. The van der Waals surface area contributed by atoms with Crippen molar-refractivity contribution in [2.45, 2.75) is 0 Å². The summed E-state index contributed by atoms with van der Waals surface area (Å²) >= 11 is 0. The largest absolute Gasteiger partial charge is 0.256 e. The summed E-state index contributed by atoms with van der Waals surface area (Å²) in [7, 11) is 0. The highest BCUT2D eigenvalue weighted by atomic mass is 19.1. The Morgan fingerprint density at radius 1 is 1.20 bits per heavy atom. The molecule has 0 aliphatic carbocycles. The molecule has 1 heterocycles. The van der Waals surface area contributed by atoms with Crippen LogP contribution in [0.5, 0.6) is 0 Å². The first-order valence-electron chi connectivity index (χ1n) is 4.64. The van der Waals surface area contributed by atoms with Gasteiger partial charge >= 0.3 is 0 Å². The number of hydrogen-bond acceptors (Lipinski definition) is 1. The molecule has 0 bridgehead atoms. The van der Waals surface area contributed by atoms with Crippen LogP contribution in [0.3, 0.4) is 0 Å². The van der Waals surface area contributed by atoms with Gasteiger partial charge in [0.1, 0.15) is 5.82 Å². The lowest BCUT2D eigenvalue weighted by Gasteiger charge is -2.02. The summed E-state index contributed by atoms with van der Waals surface area (Å²) < 4.78 is 13.4. The number of benzene rings is 1. The van der Waals surface area contributed by atoms with Gasteiger partial charge in [-0.25, -0.2) is 4.39 Å². The van der Waals surface area contributed by atoms with Gasteiger partial charge in [-0.05, 0) is 29.8 Å². The minimum Gasteiger partial charge on any atom is -0.256 e. The second-order valence-corrected chi connectivity index (χ2v) is 3.16. The van der Waals surface area contributed by atoms with Crippen LogP contribution in [0.4, 0.5) is 4.39 Å². The van der Waals surface area contributed by atoms with Crippen LogP contribution in [-0.2, 0) is 0 Å². The topological polar surface area (TPSA) is 12.9 Å². The lowest BCUT2D eigenvalue weighted by atomic mass is 10.1. The van der Waals surface area contributed by atoms with Crippen LogP contribution in [-0.4, -0.2) is 4.98 Å². The van der Waals surface area contributed by atoms with Crippen LogP contribution < -0.4 is 0 Å². The molecule has 0 spiro atoms. The van der Waals surface area contributed by atoms with E-state index in [-0.39, 0.29) is 5.82 Å². The van der Waals surface area contributed by atoms with E-state index >= 15 is 0 Å². The molecule has 0 atom stereocenters. The van der Waals surface area contributed by atoms with E-state index in [2.05, 4.69) is 11.6 Å². The molecule has 2 rings (SSSR count). The highest BCUT2D eigenvalue weighted by molar-refractivity contribution is 5.63. The van der Waals surface area contributed by atoms with Crippen LogP contribution in [0.15, 0.2) is 49.2 Å². The van der Waals surface area contributed by atoms with Gasteiger partial charge in [0, 0.05) is 11.8 Å². The Kier molecular flexibility index (Phi) is 2.59. The van der Waals surface area contributed by atoms with Crippen molar-refractivity contribution < 1.29 is 4.39 Å². The third-order valence-electron chi connectivity index (χ3n) is 2.17. The van der Waals surface area contributed by atoms with E-state index in [4.69, 9.17) is 0 Å². The van der Waals surface area contributed by atoms with Gasteiger partial charge in [-0.2, -0.15) is 0 Å². The predicted molar refractivity (Wildman–Crippen MR) is 59.7 cm³/mol. The molecular weight excluding hydrogens is 189 g/mol. The summed E-state index contributed by atoms with van der Waals surface area (Å²) in [5.74, 6) is -0.258. The Hall–Kier alpha value is -1.96. The van der Waals surface area contributed by atoms with Gasteiger partial charge in [-0.15, -0.1) is 0 Å². The molecule has 0 radical (unpaired) electrons. The molecule has 2 aromatic rings. The lowest BCUT2D eigenvalue weighted by molar-refractivity contribution is 0.631. The molecule has 0 N–H and O–H groups in total. The fourth-order valence-corrected chi connectivity index (χ4v) is 1.39. The number of rotatable bonds is 2. The Labute approximate surface area is 87.9 Å². The van der Waals surface area contributed by atoms with Crippen molar-refractivity contribution in [1.29, 1.82) is 0 Å². The Bertz CT molecular complexity index is 491. The standard InChI is InChI=1S/C13H10FN/c1-2-10-7-8-15-13(9-10)11-5-3-4-6-12(11)14/h2-9H,1H2. The van der Waals surface area contributed by atoms with Crippen LogP contribution >= 0.6 is 0 Å². The van der Waals surface area contributed by atoms with Crippen molar-refractivity contribution in [3.8, 4) is 11.3 Å². The van der Waals surface area contributed by atoms with Crippen molar-refractivity contribution in [3.63, 3.8) is 0 Å². The van der Waals surface area contributed by atoms with Crippen molar-refractivity contribution >= 4 is 6.08 Å². The maximum atomic E-state index is 13.4. The van der Waals surface area contributed by atoms with Crippen LogP contribution in [0, 0.1) is 5.82 Å². The van der Waals surface area contributed by atoms with Gasteiger partial charge in [-0.3, -0.25) is 4.98 Å². The zero-order valence-corrected chi connectivity index (χ0v) is 8.15. The van der Waals surface area contributed by atoms with E-state index < -0.39 is 0 Å². The maximum Gasteiger partial charge on any atom is 0.132 e. The molecule has 0 saturated carbocycles. The van der Waals surface area contributed by atoms with Gasteiger partial charge in [0.25, 0.3) is 0 Å². The molecule has 0 saturated heterocycles. The number of hydrogen-bond donors (Lipinski definition) is 0. The fourth-order valence-electron chi connectivity index (χ4n) is 1.39. The SMILES string of the molecule is C=Cc1ccnc(-c2ccccc2F)c1. The van der Waals surface area contributed by atoms with Crippen molar-refractivity contribution in [2.75, 3.05) is 0 Å². The zero-order valence-electron chi connectivity index (χ0n) is 8.15. The first-order chi connectivity index (χ1) is 7.31. The van der Waals surface area contributed by atoms with Crippen LogP contribution in [0.25, 0.3) is 17.3 Å². The summed E-state index contributed by atoms with van der Waals surface area (Å²) in [6.07, 6.45) is 3.37. The summed E-state index contributed by atoms with van der Waals surface area (Å²) in [4.78, 5) is 4.13. The molecule has 1 aromatic heterocycles. The number of nitrogens with zero attached hydrogens (tertiary/aromatic N) is 1. The second kappa shape index (κ2) is 4.05. The van der Waals surface area contributed by atoms with E-state index in [0.29, 0.717) is 11.3 Å². The Balaban J connectivity index is 2.54. The molecule has 0 aliphatic heterocycles. The maximum absolute atomic E-state index is 13.4. The predicted octanol–water partition coefficient (Wildman–Crippen LogP) is 3.53. The first kappa shape index (κ1) is 9.59. The van der Waals surface area contributed by atoms with E-state index in [1.165, 1.54) is 6.07 Å². The highest BCUT2D eigenvalue weighted by Crippen LogP contribution is 2.21.